The van der Waals surface area contributed by atoms with E-state index in [0.717, 1.165) is 75.3 Å². The summed E-state index contributed by atoms with van der Waals surface area (Å²) in [5, 5.41) is 15.9. The molecule has 5 aromatic rings. The van der Waals surface area contributed by atoms with Crippen LogP contribution in [-0.2, 0) is 23.0 Å². The second-order valence-electron chi connectivity index (χ2n) is 11.8. The van der Waals surface area contributed by atoms with Crippen molar-refractivity contribution in [2.24, 2.45) is 7.05 Å². The molecule has 5 heterocycles. The molecule has 11 nitrogen and oxygen atoms in total. The molecule has 7 rings (SSSR count). The molecule has 1 N–H and O–H groups in total. The number of carbonyl (C=O) groups excluding carboxylic acids is 1. The highest BCUT2D eigenvalue weighted by molar-refractivity contribution is 7.22. The summed E-state index contributed by atoms with van der Waals surface area (Å²) in [5.74, 6) is -0.640. The number of rotatable bonds is 6. The van der Waals surface area contributed by atoms with Gasteiger partial charge in [0.1, 0.15) is 16.2 Å². The molecule has 0 bridgehead atoms. The van der Waals surface area contributed by atoms with E-state index in [-0.39, 0.29) is 18.4 Å². The van der Waals surface area contributed by atoms with E-state index in [9.17, 15) is 14.7 Å². The lowest BCUT2D eigenvalue weighted by Gasteiger charge is -2.46. The Balaban J connectivity index is 1.21. The van der Waals surface area contributed by atoms with Crippen molar-refractivity contribution in [1.82, 2.24) is 34.5 Å². The van der Waals surface area contributed by atoms with Crippen LogP contribution in [0.15, 0.2) is 36.5 Å². The smallest absolute Gasteiger partial charge is 0.409 e. The van der Waals surface area contributed by atoms with Crippen molar-refractivity contribution in [2.75, 3.05) is 33.3 Å². The Hall–Kier alpha value is -4.13. The van der Waals surface area contributed by atoms with Crippen LogP contribution in [0.3, 0.4) is 0 Å². The number of thiazole rings is 1. The molecular weight excluding hydrogens is 614 g/mol. The van der Waals surface area contributed by atoms with E-state index < -0.39 is 5.97 Å². The first kappa shape index (κ1) is 29.6. The summed E-state index contributed by atoms with van der Waals surface area (Å²) in [7, 11) is 3.31. The lowest BCUT2D eigenvalue weighted by molar-refractivity contribution is -0.136. The zero-order valence-electron chi connectivity index (χ0n) is 25.2. The number of carbonyl (C=O) groups is 2. The Morgan fingerprint density at radius 1 is 1.13 bits per heavy atom. The summed E-state index contributed by atoms with van der Waals surface area (Å²) in [6, 6.07) is 9.78. The fourth-order valence-corrected chi connectivity index (χ4v) is 7.79. The maximum atomic E-state index is 11.8. The molecule has 13 heteroatoms. The Kier molecular flexibility index (Phi) is 7.66. The van der Waals surface area contributed by atoms with Gasteiger partial charge in [0.05, 0.1) is 35.6 Å². The van der Waals surface area contributed by atoms with Crippen LogP contribution in [0.25, 0.3) is 43.2 Å². The number of carboxylic acids is 1. The maximum absolute atomic E-state index is 11.8. The number of aliphatic carboxylic acids is 1. The Morgan fingerprint density at radius 2 is 1.87 bits per heavy atom. The predicted molar refractivity (Wildman–Crippen MR) is 173 cm³/mol. The molecular formula is C32H32ClN7O4S. The summed E-state index contributed by atoms with van der Waals surface area (Å²) < 4.78 is 7.53. The number of halogens is 1. The Bertz CT molecular complexity index is 1940. The molecule has 0 spiro atoms. The third-order valence-electron chi connectivity index (χ3n) is 8.98. The molecule has 0 saturated carbocycles. The molecule has 2 aromatic carbocycles. The molecule has 0 aliphatic carbocycles. The second-order valence-corrected chi connectivity index (χ2v) is 13.2. The van der Waals surface area contributed by atoms with Gasteiger partial charge in [0, 0.05) is 42.7 Å². The summed E-state index contributed by atoms with van der Waals surface area (Å²) >= 11 is 7.67. The average molecular weight is 646 g/mol. The van der Waals surface area contributed by atoms with Crippen LogP contribution < -0.4 is 0 Å². The third-order valence-corrected chi connectivity index (χ3v) is 10.3. The van der Waals surface area contributed by atoms with Gasteiger partial charge in [0.2, 0.25) is 0 Å². The third kappa shape index (κ3) is 5.40. The van der Waals surface area contributed by atoms with Crippen molar-refractivity contribution in [1.29, 1.82) is 0 Å². The first-order valence-corrected chi connectivity index (χ1v) is 16.1. The highest BCUT2D eigenvalue weighted by Crippen LogP contribution is 2.41. The minimum Gasteiger partial charge on any atom is -0.481 e. The number of fused-ring (bicyclic) bond motifs is 2. The Morgan fingerprint density at radius 3 is 2.56 bits per heavy atom. The van der Waals surface area contributed by atoms with Crippen LogP contribution in [0.2, 0.25) is 5.02 Å². The number of hydrogen-bond acceptors (Lipinski definition) is 9. The number of piperidine rings is 1. The van der Waals surface area contributed by atoms with Crippen LogP contribution >= 0.6 is 22.9 Å². The largest absolute Gasteiger partial charge is 0.481 e. The number of methoxy groups -OCH3 is 1. The standard InChI is InChI=1S/C32H32ClN7O4S/c1-17-12-23-29(26(22(17)13-25(41)42)18-4-6-20(33)7-5-18)45-31(36-23)24-14-34-30-28(35-24)27(37-38(30)2)19-8-10-39(11-9-19)21-15-40(16-21)32(43)44-3/h4-7,12,14,19,21H,8-11,13,15-16H2,1-3H3,(H,41,42). The van der Waals surface area contributed by atoms with Gasteiger partial charge in [-0.2, -0.15) is 5.10 Å². The van der Waals surface area contributed by atoms with Crippen molar-refractivity contribution in [3.8, 4) is 21.8 Å². The van der Waals surface area contributed by atoms with E-state index in [1.165, 1.54) is 18.4 Å². The molecule has 2 saturated heterocycles. The number of amides is 1. The molecule has 2 aliphatic heterocycles. The summed E-state index contributed by atoms with van der Waals surface area (Å²) in [6.07, 6.45) is 3.28. The Labute approximate surface area is 268 Å². The summed E-state index contributed by atoms with van der Waals surface area (Å²) in [4.78, 5) is 42.6. The molecule has 1 amide bonds. The van der Waals surface area contributed by atoms with Gasteiger partial charge >= 0.3 is 12.1 Å². The number of aryl methyl sites for hydroxylation is 2. The van der Waals surface area contributed by atoms with Crippen LogP contribution in [0, 0.1) is 6.92 Å². The first-order valence-electron chi connectivity index (χ1n) is 14.9. The van der Waals surface area contributed by atoms with E-state index in [4.69, 9.17) is 36.4 Å². The molecule has 0 unspecified atom stereocenters. The van der Waals surface area contributed by atoms with Gasteiger partial charge in [-0.3, -0.25) is 9.69 Å². The van der Waals surface area contributed by atoms with Crippen molar-refractivity contribution < 1.29 is 19.4 Å². The highest BCUT2D eigenvalue weighted by Gasteiger charge is 2.37. The number of likely N-dealkylation sites (tertiary alicyclic amines) is 2. The molecule has 0 radical (unpaired) electrons. The SMILES string of the molecule is COC(=O)N1CC(N2CCC(c3nn(C)c4ncc(-c5nc6cc(C)c(CC(=O)O)c(-c7ccc(Cl)cc7)c6s5)nc34)CC2)C1. The zero-order valence-corrected chi connectivity index (χ0v) is 26.7. The van der Waals surface area contributed by atoms with Crippen molar-refractivity contribution in [3.05, 3.63) is 58.4 Å². The number of aromatic nitrogens is 5. The van der Waals surface area contributed by atoms with Crippen molar-refractivity contribution in [2.45, 2.75) is 38.1 Å². The normalized spacial score (nSPS) is 16.4. The number of carboxylic acid groups (broad SMARTS) is 1. The monoisotopic (exact) mass is 645 g/mol. The zero-order chi connectivity index (χ0) is 31.4. The van der Waals surface area contributed by atoms with Crippen molar-refractivity contribution in [3.63, 3.8) is 0 Å². The van der Waals surface area contributed by atoms with Gasteiger partial charge < -0.3 is 14.7 Å². The minimum absolute atomic E-state index is 0.0964. The minimum atomic E-state index is -0.889. The highest BCUT2D eigenvalue weighted by atomic mass is 35.5. The average Bonchev–Trinajstić information content (AvgIpc) is 3.58. The van der Waals surface area contributed by atoms with Crippen LogP contribution in [0.5, 0.6) is 0 Å². The molecule has 2 aliphatic rings. The number of benzene rings is 2. The van der Waals surface area contributed by atoms with Crippen LogP contribution in [0.1, 0.15) is 35.6 Å². The van der Waals surface area contributed by atoms with E-state index in [1.807, 2.05) is 44.3 Å². The van der Waals surface area contributed by atoms with Gasteiger partial charge in [-0.25, -0.2) is 24.4 Å². The van der Waals surface area contributed by atoms with E-state index in [2.05, 4.69) is 4.90 Å². The summed E-state index contributed by atoms with van der Waals surface area (Å²) in [6.45, 7) is 5.20. The van der Waals surface area contributed by atoms with Gasteiger partial charge in [-0.15, -0.1) is 11.3 Å². The molecule has 45 heavy (non-hydrogen) atoms. The summed E-state index contributed by atoms with van der Waals surface area (Å²) in [5.41, 5.74) is 7.29. The van der Waals surface area contributed by atoms with Crippen LogP contribution in [-0.4, -0.2) is 91.0 Å². The molecule has 232 valence electrons. The first-order chi connectivity index (χ1) is 21.7. The van der Waals surface area contributed by atoms with Crippen molar-refractivity contribution >= 4 is 56.4 Å². The number of ether oxygens (including phenoxy) is 1. The second kappa shape index (κ2) is 11.7. The van der Waals surface area contributed by atoms with Gasteiger partial charge in [0.25, 0.3) is 0 Å². The fraction of sp³-hybridized carbons (Fsp3) is 0.375. The van der Waals surface area contributed by atoms with Gasteiger partial charge in [-0.1, -0.05) is 23.7 Å². The predicted octanol–water partition coefficient (Wildman–Crippen LogP) is 5.53. The molecule has 0 atom stereocenters. The number of hydrogen-bond donors (Lipinski definition) is 1. The number of nitrogens with zero attached hydrogens (tertiary/aromatic N) is 7. The van der Waals surface area contributed by atoms with E-state index in [0.29, 0.717) is 34.9 Å². The van der Waals surface area contributed by atoms with E-state index >= 15 is 0 Å². The van der Waals surface area contributed by atoms with E-state index in [1.54, 1.807) is 15.8 Å². The fourth-order valence-electron chi connectivity index (χ4n) is 6.57. The lowest BCUT2D eigenvalue weighted by Crippen LogP contribution is -2.62. The van der Waals surface area contributed by atoms with Crippen LogP contribution in [0.4, 0.5) is 4.79 Å². The van der Waals surface area contributed by atoms with Gasteiger partial charge in [0.15, 0.2) is 5.65 Å². The lowest BCUT2D eigenvalue weighted by atomic mass is 9.91. The quantitative estimate of drug-likeness (QED) is 0.254. The maximum Gasteiger partial charge on any atom is 0.409 e. The topological polar surface area (TPSA) is 127 Å². The molecule has 2 fully saturated rings. The van der Waals surface area contributed by atoms with Gasteiger partial charge in [-0.05, 0) is 67.7 Å². The molecule has 3 aromatic heterocycles.